The van der Waals surface area contributed by atoms with E-state index in [0.717, 1.165) is 6.92 Å². The third-order valence-corrected chi connectivity index (χ3v) is 19.1. The molecule has 47 nitrogen and oxygen atoms in total. The van der Waals surface area contributed by atoms with E-state index in [4.69, 9.17) is 80.5 Å². The van der Waals surface area contributed by atoms with E-state index in [1.807, 2.05) is 0 Å². The average Bonchev–Trinajstić information content (AvgIpc) is 0.774. The number of aliphatic hydroxyl groups excluding tert-OH is 28. The van der Waals surface area contributed by atoms with Crippen molar-refractivity contribution in [1.82, 2.24) is 5.32 Å². The maximum absolute atomic E-state index is 12.4. The third-order valence-electron chi connectivity index (χ3n) is 19.1. The largest absolute Gasteiger partial charge is 0.394 e. The van der Waals surface area contributed by atoms with Gasteiger partial charge in [-0.1, -0.05) is 0 Å². The predicted octanol–water partition coefficient (Wildman–Crippen LogP) is -20.5. The third kappa shape index (κ3) is 18.0. The molecule has 9 rings (SSSR count). The zero-order valence-corrected chi connectivity index (χ0v) is 54.2. The molecule has 103 heavy (non-hydrogen) atoms. The highest BCUT2D eigenvalue weighted by molar-refractivity contribution is 5.73. The second kappa shape index (κ2) is 36.7. The van der Waals surface area contributed by atoms with Crippen LogP contribution in [0, 0.1) is 0 Å². The van der Waals surface area contributed by atoms with Crippen molar-refractivity contribution in [3.8, 4) is 0 Å². The van der Waals surface area contributed by atoms with Crippen molar-refractivity contribution in [3.63, 3.8) is 0 Å². The number of carbonyl (C=O) groups is 1. The van der Waals surface area contributed by atoms with E-state index >= 15 is 0 Å². The van der Waals surface area contributed by atoms with Crippen molar-refractivity contribution in [2.75, 3.05) is 59.5 Å². The number of amides is 1. The van der Waals surface area contributed by atoms with E-state index in [0.29, 0.717) is 0 Å². The van der Waals surface area contributed by atoms with E-state index in [1.165, 1.54) is 0 Å². The Kier molecular flexibility index (Phi) is 30.2. The average molecular weight is 1520 g/mol. The summed E-state index contributed by atoms with van der Waals surface area (Å²) in [5.41, 5.74) is 0. The standard InChI is InChI=1S/C56H95NO46/c1-11(65)57-21-30(74)42(18(8-64)89-48(21)86)98-53-41(85)44(100-56-47(36(80)27(71)17(7-63)95-56)103-52-39(83)33(77)24(68)14(4-60)92-52)29(73)20(97-53)9-87-49-40(84)43(99-55-46(35(79)26(70)16(6-62)94-55)102-51-38(82)32(76)23(67)13(3-59)91-51)28(72)19(96-49)10-88-54-45(34(78)25(69)15(5-61)93-54)101-50-37(81)31(75)22(66)12(2-58)90-50/h12-56,58-64,66-86H,2-10H2,1H3,(H,57,65). The molecular weight excluding hydrogens is 1420 g/mol. The van der Waals surface area contributed by atoms with Crippen molar-refractivity contribution < 1.29 is 228 Å². The fraction of sp³-hybridized carbons (Fsp3) is 0.982. The summed E-state index contributed by atoms with van der Waals surface area (Å²) in [6.07, 6.45) is -93.5. The molecule has 0 spiro atoms. The smallest absolute Gasteiger partial charge is 0.217 e. The van der Waals surface area contributed by atoms with E-state index in [-0.39, 0.29) is 0 Å². The topological polar surface area (TPSA) is 752 Å². The molecule has 29 N–H and O–H groups in total. The normalized spacial score (nSPS) is 52.4. The molecule has 0 aliphatic carbocycles. The van der Waals surface area contributed by atoms with Crippen molar-refractivity contribution >= 4 is 5.91 Å². The van der Waals surface area contributed by atoms with E-state index < -0.39 is 342 Å². The highest BCUT2D eigenvalue weighted by Crippen LogP contribution is 2.39. The minimum atomic E-state index is -2.51. The van der Waals surface area contributed by atoms with Crippen LogP contribution in [0.25, 0.3) is 0 Å². The summed E-state index contributed by atoms with van der Waals surface area (Å²) in [7, 11) is 0. The van der Waals surface area contributed by atoms with Crippen LogP contribution in [0.2, 0.25) is 0 Å². The van der Waals surface area contributed by atoms with Crippen molar-refractivity contribution in [2.24, 2.45) is 0 Å². The Bertz CT molecular complexity index is 2580. The van der Waals surface area contributed by atoms with E-state index in [9.17, 15) is 148 Å². The zero-order chi connectivity index (χ0) is 75.6. The summed E-state index contributed by atoms with van der Waals surface area (Å²) in [6, 6.07) is -1.76. The Morgan fingerprint density at radius 1 is 0.252 bits per heavy atom. The van der Waals surface area contributed by atoms with E-state index in [1.54, 1.807) is 0 Å². The second-order valence-corrected chi connectivity index (χ2v) is 26.0. The molecule has 45 atom stereocenters. The Morgan fingerprint density at radius 3 is 0.864 bits per heavy atom. The van der Waals surface area contributed by atoms with E-state index in [2.05, 4.69) is 5.32 Å². The van der Waals surface area contributed by atoms with Gasteiger partial charge in [-0.3, -0.25) is 4.79 Å². The summed E-state index contributed by atoms with van der Waals surface area (Å²) in [6.45, 7) is -8.82. The molecule has 9 aliphatic rings. The number of hydrogen-bond donors (Lipinski definition) is 29. The van der Waals surface area contributed by atoms with Crippen molar-refractivity contribution in [3.05, 3.63) is 0 Å². The summed E-state index contributed by atoms with van der Waals surface area (Å²) < 4.78 is 98.4. The molecule has 600 valence electrons. The first-order valence-electron chi connectivity index (χ1n) is 32.7. The minimum Gasteiger partial charge on any atom is -0.394 e. The van der Waals surface area contributed by atoms with Gasteiger partial charge in [-0.05, 0) is 0 Å². The maximum atomic E-state index is 12.4. The van der Waals surface area contributed by atoms with Gasteiger partial charge in [0.05, 0.1) is 59.5 Å². The fourth-order valence-corrected chi connectivity index (χ4v) is 13.1. The monoisotopic (exact) mass is 1520 g/mol. The lowest BCUT2D eigenvalue weighted by Crippen LogP contribution is -2.69. The summed E-state index contributed by atoms with van der Waals surface area (Å²) >= 11 is 0. The number of ether oxygens (including phenoxy) is 17. The van der Waals surface area contributed by atoms with Gasteiger partial charge < -0.3 is 229 Å². The summed E-state index contributed by atoms with van der Waals surface area (Å²) in [5, 5.41) is 308. The maximum Gasteiger partial charge on any atom is 0.217 e. The van der Waals surface area contributed by atoms with Crippen LogP contribution in [-0.4, -0.2) is 485 Å². The molecule has 0 aromatic rings. The van der Waals surface area contributed by atoms with Crippen LogP contribution < -0.4 is 5.32 Å². The van der Waals surface area contributed by atoms with Gasteiger partial charge in [-0.25, -0.2) is 0 Å². The quantitative estimate of drug-likeness (QED) is 0.0382. The highest BCUT2D eigenvalue weighted by atomic mass is 16.8. The van der Waals surface area contributed by atoms with Gasteiger partial charge in [-0.2, -0.15) is 0 Å². The first kappa shape index (κ1) is 84.7. The van der Waals surface area contributed by atoms with Crippen LogP contribution in [0.5, 0.6) is 0 Å². The van der Waals surface area contributed by atoms with Crippen LogP contribution in [0.4, 0.5) is 0 Å². The van der Waals surface area contributed by atoms with Crippen LogP contribution in [0.1, 0.15) is 6.92 Å². The molecule has 0 radical (unpaired) electrons. The number of carbonyl (C=O) groups excluding carboxylic acids is 1. The Balaban J connectivity index is 1.06. The van der Waals surface area contributed by atoms with Crippen molar-refractivity contribution in [1.29, 1.82) is 0 Å². The molecule has 1 amide bonds. The molecule has 9 saturated heterocycles. The first-order chi connectivity index (χ1) is 48.8. The van der Waals surface area contributed by atoms with Gasteiger partial charge >= 0.3 is 0 Å². The Morgan fingerprint density at radius 2 is 0.515 bits per heavy atom. The summed E-state index contributed by atoms with van der Waals surface area (Å²) in [5.74, 6) is -0.849. The number of hydrogen-bond acceptors (Lipinski definition) is 46. The van der Waals surface area contributed by atoms with Crippen LogP contribution >= 0.6 is 0 Å². The molecule has 0 saturated carbocycles. The van der Waals surface area contributed by atoms with Crippen LogP contribution in [0.3, 0.4) is 0 Å². The van der Waals surface area contributed by atoms with Gasteiger partial charge in [0.25, 0.3) is 0 Å². The molecule has 9 fully saturated rings. The lowest BCUT2D eigenvalue weighted by atomic mass is 9.95. The lowest BCUT2D eigenvalue weighted by Gasteiger charge is -2.50. The molecule has 0 aromatic heterocycles. The molecule has 9 heterocycles. The predicted molar refractivity (Wildman–Crippen MR) is 309 cm³/mol. The van der Waals surface area contributed by atoms with Gasteiger partial charge in [0.1, 0.15) is 220 Å². The molecule has 0 aromatic carbocycles. The zero-order valence-electron chi connectivity index (χ0n) is 54.2. The second-order valence-electron chi connectivity index (χ2n) is 26.0. The fourth-order valence-electron chi connectivity index (χ4n) is 13.1. The van der Waals surface area contributed by atoms with Crippen LogP contribution in [0.15, 0.2) is 0 Å². The molecule has 0 bridgehead atoms. The van der Waals surface area contributed by atoms with Crippen LogP contribution in [-0.2, 0) is 85.3 Å². The lowest BCUT2D eigenvalue weighted by molar-refractivity contribution is -0.400. The Labute approximate surface area is 581 Å². The van der Waals surface area contributed by atoms with Crippen molar-refractivity contribution in [2.45, 2.75) is 283 Å². The molecule has 47 heteroatoms. The van der Waals surface area contributed by atoms with Gasteiger partial charge in [0.2, 0.25) is 5.91 Å². The molecule has 45 unspecified atom stereocenters. The molecule has 9 aliphatic heterocycles. The highest BCUT2D eigenvalue weighted by Gasteiger charge is 2.60. The summed E-state index contributed by atoms with van der Waals surface area (Å²) in [4.78, 5) is 12.3. The number of aliphatic hydroxyl groups is 28. The van der Waals surface area contributed by atoms with Gasteiger partial charge in [0.15, 0.2) is 56.6 Å². The Hall–Kier alpha value is -2.33. The molecular formula is C56H95NO46. The minimum absolute atomic E-state index is 0.849. The first-order valence-corrected chi connectivity index (χ1v) is 32.7. The van der Waals surface area contributed by atoms with Gasteiger partial charge in [-0.15, -0.1) is 0 Å². The van der Waals surface area contributed by atoms with Gasteiger partial charge in [0, 0.05) is 6.92 Å². The SMILES string of the molecule is CC(=O)NC1C(O)OC(CO)C(OC2OC(COC3OC(COC4OC(CO)C(O)C(O)C4OC4OC(CO)C(O)C(O)C4O)C(O)C(OC4OC(CO)C(O)C(O)C4OC4OC(CO)C(O)C(O)C4O)C3O)C(O)C(OC3OC(CO)C(O)C(O)C3OC3OC(CO)C(O)C(O)C3O)C2O)C1O. The number of nitrogens with one attached hydrogen (secondary N) is 1. The number of rotatable bonds is 26.